The number of carbonyl (C=O) groups excluding carboxylic acids is 1. The zero-order valence-corrected chi connectivity index (χ0v) is 7.55. The Balaban J connectivity index is 4.02. The lowest BCUT2D eigenvalue weighted by Gasteiger charge is -2.11. The van der Waals surface area contributed by atoms with E-state index in [-0.39, 0.29) is 6.61 Å². The van der Waals surface area contributed by atoms with Gasteiger partial charge in [-0.1, -0.05) is 6.08 Å². The summed E-state index contributed by atoms with van der Waals surface area (Å²) in [6.45, 7) is 3.09. The molecule has 0 aromatic rings. The van der Waals surface area contributed by atoms with Crippen LogP contribution in [0.25, 0.3) is 0 Å². The van der Waals surface area contributed by atoms with Crippen molar-refractivity contribution in [1.29, 1.82) is 0 Å². The van der Waals surface area contributed by atoms with Crippen LogP contribution in [0.4, 0.5) is 0 Å². The van der Waals surface area contributed by atoms with Crippen LogP contribution < -0.4 is 0 Å². The van der Waals surface area contributed by atoms with E-state index in [1.165, 1.54) is 6.08 Å². The Labute approximate surface area is 81.3 Å². The van der Waals surface area contributed by atoms with Crippen LogP contribution in [0.15, 0.2) is 24.8 Å². The van der Waals surface area contributed by atoms with Crippen molar-refractivity contribution in [2.24, 2.45) is 0 Å². The van der Waals surface area contributed by atoms with Gasteiger partial charge in [0.1, 0.15) is 6.10 Å². The Bertz CT molecular complexity index is 244. The molecule has 0 aliphatic rings. The van der Waals surface area contributed by atoms with E-state index in [0.717, 1.165) is 6.08 Å². The molecule has 2 N–H and O–H groups in total. The molecule has 0 aliphatic carbocycles. The van der Waals surface area contributed by atoms with E-state index in [1.54, 1.807) is 0 Å². The molecule has 1 unspecified atom stereocenters. The average molecular weight is 200 g/mol. The standard InChI is InChI=1S/C9H12O5/c1-2-3-7(6-10)14-9(13)5-4-8(11)12/h2,4-5,7,10H,1,3,6H2,(H,11,12)/b5-4+. The summed E-state index contributed by atoms with van der Waals surface area (Å²) in [5.41, 5.74) is 0. The summed E-state index contributed by atoms with van der Waals surface area (Å²) in [4.78, 5) is 20.9. The summed E-state index contributed by atoms with van der Waals surface area (Å²) in [5, 5.41) is 16.9. The van der Waals surface area contributed by atoms with Gasteiger partial charge in [-0.25, -0.2) is 9.59 Å². The quantitative estimate of drug-likeness (QED) is 0.361. The van der Waals surface area contributed by atoms with Crippen molar-refractivity contribution in [2.45, 2.75) is 12.5 Å². The van der Waals surface area contributed by atoms with Crippen molar-refractivity contribution in [1.82, 2.24) is 0 Å². The number of carboxylic acids is 1. The normalized spacial score (nSPS) is 12.4. The molecule has 0 aromatic carbocycles. The molecule has 14 heavy (non-hydrogen) atoms. The molecule has 0 aromatic heterocycles. The SMILES string of the molecule is C=CCC(CO)OC(=O)/C=C/C(=O)O. The number of esters is 1. The number of aliphatic hydroxyl groups is 1. The molecule has 1 atom stereocenters. The van der Waals surface area contributed by atoms with Crippen LogP contribution in [-0.4, -0.2) is 34.9 Å². The Kier molecular flexibility index (Phi) is 6.06. The summed E-state index contributed by atoms with van der Waals surface area (Å²) in [6, 6.07) is 0. The lowest BCUT2D eigenvalue weighted by molar-refractivity contribution is -0.145. The molecule has 5 nitrogen and oxygen atoms in total. The summed E-state index contributed by atoms with van der Waals surface area (Å²) in [7, 11) is 0. The van der Waals surface area contributed by atoms with E-state index >= 15 is 0 Å². The number of carbonyl (C=O) groups is 2. The molecular formula is C9H12O5. The molecule has 0 aliphatic heterocycles. The van der Waals surface area contributed by atoms with Crippen molar-refractivity contribution < 1.29 is 24.5 Å². The second-order valence-corrected chi connectivity index (χ2v) is 2.44. The molecular weight excluding hydrogens is 188 g/mol. The lowest BCUT2D eigenvalue weighted by Crippen LogP contribution is -2.20. The van der Waals surface area contributed by atoms with Gasteiger partial charge in [-0.2, -0.15) is 0 Å². The van der Waals surface area contributed by atoms with Crippen molar-refractivity contribution in [3.63, 3.8) is 0 Å². The first-order chi connectivity index (χ1) is 6.60. The van der Waals surface area contributed by atoms with Crippen LogP contribution in [-0.2, 0) is 14.3 Å². The van der Waals surface area contributed by atoms with E-state index in [9.17, 15) is 9.59 Å². The van der Waals surface area contributed by atoms with Gasteiger partial charge in [0.05, 0.1) is 6.61 Å². The molecule has 0 rings (SSSR count). The predicted molar refractivity (Wildman–Crippen MR) is 48.6 cm³/mol. The minimum absolute atomic E-state index is 0.321. The smallest absolute Gasteiger partial charge is 0.331 e. The molecule has 0 spiro atoms. The van der Waals surface area contributed by atoms with Crippen molar-refractivity contribution in [3.05, 3.63) is 24.8 Å². The summed E-state index contributed by atoms with van der Waals surface area (Å²) >= 11 is 0. The van der Waals surface area contributed by atoms with E-state index in [1.807, 2.05) is 0 Å². The Hall–Kier alpha value is -1.62. The molecule has 5 heteroatoms. The van der Waals surface area contributed by atoms with Gasteiger partial charge in [-0.3, -0.25) is 0 Å². The zero-order valence-electron chi connectivity index (χ0n) is 7.55. The average Bonchev–Trinajstić information content (AvgIpc) is 2.14. The molecule has 0 bridgehead atoms. The van der Waals surface area contributed by atoms with Gasteiger partial charge in [0.25, 0.3) is 0 Å². The van der Waals surface area contributed by atoms with Crippen LogP contribution in [0.3, 0.4) is 0 Å². The first-order valence-electron chi connectivity index (χ1n) is 3.93. The van der Waals surface area contributed by atoms with Crippen molar-refractivity contribution in [2.75, 3.05) is 6.61 Å². The maximum atomic E-state index is 10.9. The number of aliphatic carboxylic acids is 1. The first-order valence-corrected chi connectivity index (χ1v) is 3.93. The highest BCUT2D eigenvalue weighted by molar-refractivity contribution is 5.90. The third-order valence-corrected chi connectivity index (χ3v) is 1.28. The van der Waals surface area contributed by atoms with Crippen LogP contribution >= 0.6 is 0 Å². The Morgan fingerprint density at radius 3 is 2.50 bits per heavy atom. The highest BCUT2D eigenvalue weighted by atomic mass is 16.5. The fraction of sp³-hybridized carbons (Fsp3) is 0.333. The highest BCUT2D eigenvalue weighted by Gasteiger charge is 2.09. The summed E-state index contributed by atoms with van der Waals surface area (Å²) in [6.07, 6.45) is 2.61. The fourth-order valence-corrected chi connectivity index (χ4v) is 0.689. The fourth-order valence-electron chi connectivity index (χ4n) is 0.689. The van der Waals surface area contributed by atoms with Crippen molar-refractivity contribution in [3.8, 4) is 0 Å². The van der Waals surface area contributed by atoms with E-state index in [0.29, 0.717) is 12.5 Å². The number of hydrogen-bond donors (Lipinski definition) is 2. The maximum absolute atomic E-state index is 10.9. The molecule has 0 saturated heterocycles. The van der Waals surface area contributed by atoms with Gasteiger partial charge in [0, 0.05) is 18.6 Å². The third-order valence-electron chi connectivity index (χ3n) is 1.28. The van der Waals surface area contributed by atoms with Gasteiger partial charge in [-0.05, 0) is 0 Å². The van der Waals surface area contributed by atoms with Crippen LogP contribution in [0.5, 0.6) is 0 Å². The first kappa shape index (κ1) is 12.4. The van der Waals surface area contributed by atoms with Gasteiger partial charge in [-0.15, -0.1) is 6.58 Å². The van der Waals surface area contributed by atoms with E-state index < -0.39 is 18.0 Å². The Morgan fingerprint density at radius 2 is 2.07 bits per heavy atom. The topological polar surface area (TPSA) is 83.8 Å². The molecule has 0 saturated carbocycles. The molecule has 0 fully saturated rings. The lowest BCUT2D eigenvalue weighted by atomic mass is 10.2. The number of rotatable bonds is 6. The Morgan fingerprint density at radius 1 is 1.43 bits per heavy atom. The molecule has 0 amide bonds. The van der Waals surface area contributed by atoms with Gasteiger partial charge in [0.2, 0.25) is 0 Å². The molecule has 0 radical (unpaired) electrons. The third kappa shape index (κ3) is 5.96. The number of carboxylic acid groups (broad SMARTS) is 1. The van der Waals surface area contributed by atoms with Crippen LogP contribution in [0, 0.1) is 0 Å². The zero-order chi connectivity index (χ0) is 11.0. The van der Waals surface area contributed by atoms with Gasteiger partial charge < -0.3 is 14.9 Å². The largest absolute Gasteiger partial charge is 0.478 e. The van der Waals surface area contributed by atoms with Gasteiger partial charge in [0.15, 0.2) is 0 Å². The monoisotopic (exact) mass is 200 g/mol. The minimum Gasteiger partial charge on any atom is -0.478 e. The number of hydrogen-bond acceptors (Lipinski definition) is 4. The molecule has 0 heterocycles. The van der Waals surface area contributed by atoms with Crippen LogP contribution in [0.2, 0.25) is 0 Å². The van der Waals surface area contributed by atoms with E-state index in [2.05, 4.69) is 11.3 Å². The number of ether oxygens (including phenoxy) is 1. The number of aliphatic hydroxyl groups excluding tert-OH is 1. The van der Waals surface area contributed by atoms with Crippen molar-refractivity contribution >= 4 is 11.9 Å². The second-order valence-electron chi connectivity index (χ2n) is 2.44. The van der Waals surface area contributed by atoms with Crippen LogP contribution in [0.1, 0.15) is 6.42 Å². The second kappa shape index (κ2) is 6.85. The predicted octanol–water partition coefficient (Wildman–Crippen LogP) is 0.107. The molecule has 78 valence electrons. The van der Waals surface area contributed by atoms with Gasteiger partial charge >= 0.3 is 11.9 Å². The minimum atomic E-state index is -1.23. The summed E-state index contributed by atoms with van der Waals surface area (Å²) < 4.78 is 4.68. The maximum Gasteiger partial charge on any atom is 0.331 e. The highest BCUT2D eigenvalue weighted by Crippen LogP contribution is 1.99. The van der Waals surface area contributed by atoms with E-state index in [4.69, 9.17) is 10.2 Å². The summed E-state index contributed by atoms with van der Waals surface area (Å²) in [5.74, 6) is -2.03.